The average molecular weight is 332 g/mol. The van der Waals surface area contributed by atoms with E-state index in [1.165, 1.54) is 0 Å². The van der Waals surface area contributed by atoms with Crippen LogP contribution in [0.5, 0.6) is 5.88 Å². The van der Waals surface area contributed by atoms with Crippen LogP contribution in [0.4, 0.5) is 10.5 Å². The van der Waals surface area contributed by atoms with E-state index >= 15 is 0 Å². The number of carbonyl (C=O) groups is 1. The summed E-state index contributed by atoms with van der Waals surface area (Å²) in [5.41, 5.74) is -0.448. The van der Waals surface area contributed by atoms with Crippen molar-refractivity contribution in [2.45, 2.75) is 45.8 Å². The molecule has 0 radical (unpaired) electrons. The van der Waals surface area contributed by atoms with Gasteiger partial charge in [-0.3, -0.25) is 5.32 Å². The van der Waals surface area contributed by atoms with Gasteiger partial charge in [0.05, 0.1) is 12.7 Å². The molecule has 1 heterocycles. The van der Waals surface area contributed by atoms with Gasteiger partial charge in [0, 0.05) is 22.8 Å². The van der Waals surface area contributed by atoms with Crippen molar-refractivity contribution in [2.75, 3.05) is 12.4 Å². The van der Waals surface area contributed by atoms with Crippen molar-refractivity contribution < 1.29 is 19.4 Å². The number of hydrogen-bond donors (Lipinski definition) is 2. The van der Waals surface area contributed by atoms with E-state index in [1.54, 1.807) is 66.1 Å². The van der Waals surface area contributed by atoms with Gasteiger partial charge in [0.25, 0.3) is 0 Å². The van der Waals surface area contributed by atoms with Crippen LogP contribution in [-0.4, -0.2) is 28.9 Å². The Kier molecular flexibility index (Phi) is 4.71. The third kappa shape index (κ3) is 4.14. The monoisotopic (exact) mass is 332 g/mol. The van der Waals surface area contributed by atoms with Gasteiger partial charge in [-0.15, -0.1) is 0 Å². The maximum Gasteiger partial charge on any atom is 0.412 e. The molecule has 0 saturated carbocycles. The molecule has 2 rings (SSSR count). The molecule has 0 bridgehead atoms. The van der Waals surface area contributed by atoms with Crippen molar-refractivity contribution in [3.05, 3.63) is 30.0 Å². The number of aromatic nitrogens is 1. The summed E-state index contributed by atoms with van der Waals surface area (Å²) in [6.07, 6.45) is 1.05. The van der Waals surface area contributed by atoms with E-state index in [4.69, 9.17) is 9.47 Å². The van der Waals surface area contributed by atoms with Crippen molar-refractivity contribution in [3.63, 3.8) is 0 Å². The van der Waals surface area contributed by atoms with Crippen molar-refractivity contribution in [3.8, 4) is 5.88 Å². The number of ether oxygens (including phenoxy) is 2. The van der Waals surface area contributed by atoms with Gasteiger partial charge in [-0.2, -0.15) is 0 Å². The fourth-order valence-electron chi connectivity index (χ4n) is 2.37. The Morgan fingerprint density at radius 3 is 2.38 bits per heavy atom. The summed E-state index contributed by atoms with van der Waals surface area (Å²) < 4.78 is 10.5. The Morgan fingerprint density at radius 1 is 1.17 bits per heavy atom. The van der Waals surface area contributed by atoms with Gasteiger partial charge >= 0.3 is 6.09 Å². The normalized spacial score (nSPS) is 12.1. The van der Waals surface area contributed by atoms with Gasteiger partial charge in [0.15, 0.2) is 0 Å². The summed E-state index contributed by atoms with van der Waals surface area (Å²) in [7, 11) is 1.54. The van der Waals surface area contributed by atoms with E-state index in [0.29, 0.717) is 17.1 Å². The molecule has 0 spiro atoms. The number of amides is 1. The third-order valence-corrected chi connectivity index (χ3v) is 3.35. The van der Waals surface area contributed by atoms with Crippen LogP contribution < -0.4 is 10.1 Å². The molecule has 24 heavy (non-hydrogen) atoms. The zero-order chi connectivity index (χ0) is 18.1. The molecule has 130 valence electrons. The van der Waals surface area contributed by atoms with Gasteiger partial charge in [0.2, 0.25) is 5.88 Å². The molecule has 1 amide bonds. The molecule has 0 atom stereocenters. The predicted octanol–water partition coefficient (Wildman–Crippen LogP) is 3.82. The summed E-state index contributed by atoms with van der Waals surface area (Å²) in [6.45, 7) is 8.77. The Morgan fingerprint density at radius 2 is 1.83 bits per heavy atom. The molecular weight excluding hydrogens is 308 g/mol. The van der Waals surface area contributed by atoms with Crippen LogP contribution in [0.1, 0.15) is 40.2 Å². The van der Waals surface area contributed by atoms with Gasteiger partial charge in [-0.05, 0) is 58.2 Å². The zero-order valence-corrected chi connectivity index (χ0v) is 14.9. The maximum atomic E-state index is 11.9. The Hall–Kier alpha value is -2.34. The minimum atomic E-state index is -1.08. The molecule has 1 aromatic heterocycles. The van der Waals surface area contributed by atoms with Gasteiger partial charge in [-0.25, -0.2) is 9.78 Å². The van der Waals surface area contributed by atoms with Crippen molar-refractivity contribution >= 4 is 22.6 Å². The quantitative estimate of drug-likeness (QED) is 0.893. The molecule has 2 N–H and O–H groups in total. The number of pyridine rings is 1. The number of nitrogens with zero attached hydrogens (tertiary/aromatic N) is 1. The lowest BCUT2D eigenvalue weighted by atomic mass is 9.94. The number of benzene rings is 1. The second kappa shape index (κ2) is 6.28. The van der Waals surface area contributed by atoms with Crippen LogP contribution in [0.25, 0.3) is 10.8 Å². The van der Waals surface area contributed by atoms with Crippen LogP contribution in [-0.2, 0) is 10.3 Å². The van der Waals surface area contributed by atoms with Crippen LogP contribution in [0.2, 0.25) is 0 Å². The summed E-state index contributed by atoms with van der Waals surface area (Å²) in [5, 5.41) is 14.6. The summed E-state index contributed by atoms with van der Waals surface area (Å²) in [4.78, 5) is 16.2. The first-order valence-electron chi connectivity index (χ1n) is 7.71. The Labute approximate surface area is 141 Å². The van der Waals surface area contributed by atoms with Gasteiger partial charge in [-0.1, -0.05) is 0 Å². The number of fused-ring (bicyclic) bond motifs is 1. The van der Waals surface area contributed by atoms with E-state index < -0.39 is 17.3 Å². The number of nitrogens with one attached hydrogen (secondary N) is 1. The number of carbonyl (C=O) groups excluding carboxylic acids is 1. The van der Waals surface area contributed by atoms with Gasteiger partial charge in [0.1, 0.15) is 5.60 Å². The van der Waals surface area contributed by atoms with Crippen LogP contribution >= 0.6 is 0 Å². The number of rotatable bonds is 3. The highest BCUT2D eigenvalue weighted by Gasteiger charge is 2.22. The Balaban J connectivity index is 2.47. The highest BCUT2D eigenvalue weighted by Crippen LogP contribution is 2.34. The molecular formula is C18H24N2O4. The zero-order valence-electron chi connectivity index (χ0n) is 14.9. The van der Waals surface area contributed by atoms with Crippen LogP contribution in [0.15, 0.2) is 24.4 Å². The van der Waals surface area contributed by atoms with Crippen molar-refractivity contribution in [2.24, 2.45) is 0 Å². The third-order valence-electron chi connectivity index (χ3n) is 3.35. The van der Waals surface area contributed by atoms with E-state index in [9.17, 15) is 9.90 Å². The topological polar surface area (TPSA) is 80.7 Å². The fraction of sp³-hybridized carbons (Fsp3) is 0.444. The number of aliphatic hydroxyl groups is 1. The highest BCUT2D eigenvalue weighted by molar-refractivity contribution is 5.95. The summed E-state index contributed by atoms with van der Waals surface area (Å²) in [5.74, 6) is 0.460. The van der Waals surface area contributed by atoms with E-state index in [0.717, 1.165) is 10.8 Å². The van der Waals surface area contributed by atoms with Gasteiger partial charge < -0.3 is 14.6 Å². The SMILES string of the molecule is COc1ncc(C(C)(C)O)c2cc(NC(=O)OC(C)(C)C)ccc12. The standard InChI is InChI=1S/C18H24N2O4/c1-17(2,3)24-16(21)20-11-7-8-12-13(9-11)14(18(4,5)22)10-19-15(12)23-6/h7-10,22H,1-6H3,(H,20,21). The lowest BCUT2D eigenvalue weighted by molar-refractivity contribution is 0.0635. The highest BCUT2D eigenvalue weighted by atomic mass is 16.6. The smallest absolute Gasteiger partial charge is 0.412 e. The minimum Gasteiger partial charge on any atom is -0.481 e. The molecule has 0 aliphatic heterocycles. The van der Waals surface area contributed by atoms with Crippen molar-refractivity contribution in [1.82, 2.24) is 4.98 Å². The molecule has 6 nitrogen and oxygen atoms in total. The lowest BCUT2D eigenvalue weighted by Crippen LogP contribution is -2.27. The largest absolute Gasteiger partial charge is 0.481 e. The number of hydrogen-bond acceptors (Lipinski definition) is 5. The summed E-state index contributed by atoms with van der Waals surface area (Å²) in [6, 6.07) is 5.31. The first kappa shape index (κ1) is 18.0. The number of anilines is 1. The fourth-order valence-corrected chi connectivity index (χ4v) is 2.37. The lowest BCUT2D eigenvalue weighted by Gasteiger charge is -2.22. The molecule has 6 heteroatoms. The molecule has 0 aliphatic carbocycles. The molecule has 0 unspecified atom stereocenters. The van der Waals surface area contributed by atoms with E-state index in [2.05, 4.69) is 10.3 Å². The Bertz CT molecular complexity index is 758. The molecule has 0 aliphatic rings. The average Bonchev–Trinajstić information content (AvgIpc) is 2.42. The first-order valence-corrected chi connectivity index (χ1v) is 7.71. The molecule has 2 aromatic rings. The minimum absolute atomic E-state index is 0.460. The van der Waals surface area contributed by atoms with Crippen LogP contribution in [0.3, 0.4) is 0 Å². The maximum absolute atomic E-state index is 11.9. The molecule has 1 aromatic carbocycles. The van der Waals surface area contributed by atoms with E-state index in [-0.39, 0.29) is 0 Å². The predicted molar refractivity (Wildman–Crippen MR) is 93.4 cm³/mol. The second-order valence-corrected chi connectivity index (χ2v) is 7.13. The number of methoxy groups -OCH3 is 1. The van der Waals surface area contributed by atoms with Crippen LogP contribution in [0, 0.1) is 0 Å². The summed E-state index contributed by atoms with van der Waals surface area (Å²) >= 11 is 0. The van der Waals surface area contributed by atoms with Crippen molar-refractivity contribution in [1.29, 1.82) is 0 Å². The molecule has 0 saturated heterocycles. The second-order valence-electron chi connectivity index (χ2n) is 7.13. The molecule has 0 fully saturated rings. The first-order chi connectivity index (χ1) is 11.0. The van der Waals surface area contributed by atoms with E-state index in [1.807, 2.05) is 0 Å².